The monoisotopic (exact) mass is 555 g/mol. The van der Waals surface area contributed by atoms with Gasteiger partial charge in [0.2, 0.25) is 0 Å². The lowest BCUT2D eigenvalue weighted by atomic mass is 10.0. The van der Waals surface area contributed by atoms with Gasteiger partial charge in [-0.25, -0.2) is 8.78 Å². The van der Waals surface area contributed by atoms with Gasteiger partial charge >= 0.3 is 18.3 Å². The van der Waals surface area contributed by atoms with Gasteiger partial charge < -0.3 is 14.7 Å². The molecule has 1 aliphatic heterocycles. The number of carboxylic acids is 1. The Morgan fingerprint density at radius 3 is 2.30 bits per heavy atom. The van der Waals surface area contributed by atoms with Crippen molar-refractivity contribution in [3.8, 4) is 5.75 Å². The van der Waals surface area contributed by atoms with E-state index in [0.717, 1.165) is 18.2 Å². The predicted molar refractivity (Wildman–Crippen MR) is 119 cm³/mol. The molecule has 4 nitrogen and oxygen atoms in total. The Bertz CT molecular complexity index is 1150. The molecule has 0 saturated heterocycles. The van der Waals surface area contributed by atoms with Crippen LogP contribution in [0.3, 0.4) is 0 Å². The lowest BCUT2D eigenvalue weighted by molar-refractivity contribution is -0.145. The van der Waals surface area contributed by atoms with Crippen molar-refractivity contribution in [2.75, 3.05) is 18.1 Å². The zero-order chi connectivity index (χ0) is 27.2. The maximum Gasteiger partial charge on any atom is 0.420 e. The fraction of sp³-hybridized carbons (Fsp3) is 0.458. The van der Waals surface area contributed by atoms with Crippen molar-refractivity contribution in [3.05, 3.63) is 47.8 Å². The molecule has 13 heteroatoms. The third kappa shape index (κ3) is 6.24. The molecular weight excluding hydrogens is 534 g/mol. The van der Waals surface area contributed by atoms with Gasteiger partial charge in [0, 0.05) is 29.5 Å². The summed E-state index contributed by atoms with van der Waals surface area (Å²) in [6, 6.07) is 6.20. The van der Waals surface area contributed by atoms with E-state index in [0.29, 0.717) is 17.8 Å². The van der Waals surface area contributed by atoms with E-state index in [1.165, 1.54) is 17.0 Å². The highest BCUT2D eigenvalue weighted by molar-refractivity contribution is 8.00. The van der Waals surface area contributed by atoms with Crippen LogP contribution < -0.4 is 9.64 Å². The largest absolute Gasteiger partial charge is 0.492 e. The number of halogens is 8. The van der Waals surface area contributed by atoms with E-state index in [4.69, 9.17) is 4.74 Å². The summed E-state index contributed by atoms with van der Waals surface area (Å²) >= 11 is 0.468. The van der Waals surface area contributed by atoms with Crippen LogP contribution in [0.15, 0.2) is 41.3 Å². The summed E-state index contributed by atoms with van der Waals surface area (Å²) in [6.45, 7) is -0.910. The average Bonchev–Trinajstić information content (AvgIpc) is 3.60. The topological polar surface area (TPSA) is 49.8 Å². The van der Waals surface area contributed by atoms with Crippen LogP contribution in [0, 0.1) is 17.2 Å². The average molecular weight is 555 g/mol. The van der Waals surface area contributed by atoms with Gasteiger partial charge in [-0.2, -0.15) is 26.3 Å². The van der Waals surface area contributed by atoms with Crippen LogP contribution in [-0.4, -0.2) is 35.9 Å². The number of fused-ring (bicyclic) bond motifs is 1. The molecule has 0 amide bonds. The number of nitrogens with zero attached hydrogens (tertiary/aromatic N) is 1. The maximum absolute atomic E-state index is 15.2. The number of hydrogen-bond acceptors (Lipinski definition) is 4. The van der Waals surface area contributed by atoms with Crippen molar-refractivity contribution in [1.82, 2.24) is 0 Å². The third-order valence-electron chi connectivity index (χ3n) is 6.43. The van der Waals surface area contributed by atoms with Crippen LogP contribution >= 0.6 is 11.8 Å². The molecule has 2 aliphatic rings. The minimum absolute atomic E-state index is 0.0329. The smallest absolute Gasteiger partial charge is 0.420 e. The lowest BCUT2D eigenvalue weighted by Gasteiger charge is -2.29. The number of ether oxygens (including phenoxy) is 1. The highest BCUT2D eigenvalue weighted by Crippen LogP contribution is 2.51. The van der Waals surface area contributed by atoms with Gasteiger partial charge in [-0.05, 0) is 55.7 Å². The molecule has 1 saturated carbocycles. The Hall–Kier alpha value is -2.70. The zero-order valence-electron chi connectivity index (χ0n) is 19.0. The first kappa shape index (κ1) is 27.3. The number of rotatable bonds is 7. The molecule has 1 aliphatic carbocycles. The Kier molecular flexibility index (Phi) is 7.30. The summed E-state index contributed by atoms with van der Waals surface area (Å²) in [4.78, 5) is 12.6. The minimum Gasteiger partial charge on any atom is -0.492 e. The molecule has 1 fully saturated rings. The first-order chi connectivity index (χ1) is 17.2. The summed E-state index contributed by atoms with van der Waals surface area (Å²) < 4.78 is 115. The highest BCUT2D eigenvalue weighted by Gasteiger charge is 2.51. The first-order valence-corrected chi connectivity index (χ1v) is 12.1. The molecule has 2 unspecified atom stereocenters. The van der Waals surface area contributed by atoms with Gasteiger partial charge in [-0.15, -0.1) is 0 Å². The van der Waals surface area contributed by atoms with Gasteiger partial charge in [-0.1, -0.05) is 11.8 Å². The Balaban J connectivity index is 1.77. The molecule has 0 bridgehead atoms. The fourth-order valence-corrected chi connectivity index (χ4v) is 5.18. The number of anilines is 2. The van der Waals surface area contributed by atoms with Crippen molar-refractivity contribution in [2.24, 2.45) is 11.3 Å². The lowest BCUT2D eigenvalue weighted by Crippen LogP contribution is -2.29. The molecule has 2 aromatic carbocycles. The molecule has 37 heavy (non-hydrogen) atoms. The van der Waals surface area contributed by atoms with E-state index in [-0.39, 0.29) is 35.7 Å². The highest BCUT2D eigenvalue weighted by atomic mass is 32.2. The molecular formula is C24H21F8NO3S. The number of aliphatic carboxylic acids is 1. The molecule has 1 N–H and O–H groups in total. The van der Waals surface area contributed by atoms with E-state index >= 15 is 4.39 Å². The third-order valence-corrected chi connectivity index (χ3v) is 7.62. The maximum atomic E-state index is 15.2. The second-order valence-corrected chi connectivity index (χ2v) is 10.3. The second kappa shape index (κ2) is 9.88. The zero-order valence-corrected chi connectivity index (χ0v) is 19.8. The van der Waals surface area contributed by atoms with E-state index in [9.17, 15) is 40.6 Å². The number of carboxylic acid groups (broad SMARTS) is 1. The van der Waals surface area contributed by atoms with Crippen LogP contribution in [-0.2, 0) is 11.0 Å². The Morgan fingerprint density at radius 1 is 1.11 bits per heavy atom. The van der Waals surface area contributed by atoms with Gasteiger partial charge in [-0.3, -0.25) is 4.79 Å². The molecule has 202 valence electrons. The Morgan fingerprint density at radius 2 is 1.76 bits per heavy atom. The molecule has 0 radical (unpaired) electrons. The predicted octanol–water partition coefficient (Wildman–Crippen LogP) is 7.59. The normalized spacial score (nSPS) is 21.2. The van der Waals surface area contributed by atoms with Crippen LogP contribution in [0.1, 0.15) is 31.2 Å². The Labute approximate surface area is 210 Å². The summed E-state index contributed by atoms with van der Waals surface area (Å²) in [6.07, 6.45) is -10.9. The molecule has 2 atom stereocenters. The van der Waals surface area contributed by atoms with Gasteiger partial charge in [0.25, 0.3) is 0 Å². The van der Waals surface area contributed by atoms with E-state index in [1.807, 2.05) is 0 Å². The van der Waals surface area contributed by atoms with Gasteiger partial charge in [0.15, 0.2) is 5.50 Å². The van der Waals surface area contributed by atoms with Crippen LogP contribution in [0.5, 0.6) is 5.75 Å². The molecule has 0 aromatic heterocycles. The quantitative estimate of drug-likeness (QED) is 0.357. The number of benzene rings is 2. The van der Waals surface area contributed by atoms with E-state index in [1.54, 1.807) is 0 Å². The minimum atomic E-state index is -4.94. The summed E-state index contributed by atoms with van der Waals surface area (Å²) in [5.74, 6) is -3.77. The summed E-state index contributed by atoms with van der Waals surface area (Å²) in [5, 5.41) is 9.32. The van der Waals surface area contributed by atoms with Crippen molar-refractivity contribution in [2.45, 2.75) is 48.4 Å². The van der Waals surface area contributed by atoms with Crippen LogP contribution in [0.2, 0.25) is 0 Å². The number of hydrogen-bond donors (Lipinski definition) is 1. The molecule has 4 rings (SSSR count). The fourth-order valence-electron chi connectivity index (χ4n) is 4.05. The SMILES string of the molecule is O=C(O)C1(COc2cc3c(cc2C(F)(F)F)N(c2ccc(F)cc2)CC(CCC(F)(F)F)C(F)S3)CC1. The van der Waals surface area contributed by atoms with E-state index in [2.05, 4.69) is 0 Å². The summed E-state index contributed by atoms with van der Waals surface area (Å²) in [5.41, 5.74) is -4.41. The molecule has 0 spiro atoms. The van der Waals surface area contributed by atoms with Crippen molar-refractivity contribution in [1.29, 1.82) is 0 Å². The molecule has 2 aromatic rings. The van der Waals surface area contributed by atoms with Crippen LogP contribution in [0.4, 0.5) is 46.5 Å². The summed E-state index contributed by atoms with van der Waals surface area (Å²) in [7, 11) is 0. The van der Waals surface area contributed by atoms with Gasteiger partial charge in [0.1, 0.15) is 23.6 Å². The number of carbonyl (C=O) groups is 1. The molecule has 1 heterocycles. The van der Waals surface area contributed by atoms with Crippen molar-refractivity contribution in [3.63, 3.8) is 0 Å². The standard InChI is InChI=1S/C24H21F8NO3S/c25-14-1-3-15(4-2-14)33-11-13(5-6-23(27,28)29)20(26)37-19-10-18(16(9-17(19)33)24(30,31)32)36-12-22(7-8-22)21(34)35/h1-4,9-10,13,20H,5-8,11-12H2,(H,34,35). The second-order valence-electron chi connectivity index (χ2n) is 9.16. The number of thioether (sulfide) groups is 1. The number of alkyl halides is 7. The van der Waals surface area contributed by atoms with Gasteiger partial charge in [0.05, 0.1) is 11.3 Å². The van der Waals surface area contributed by atoms with Crippen molar-refractivity contribution < 1.29 is 49.8 Å². The van der Waals surface area contributed by atoms with E-state index < -0.39 is 71.7 Å². The first-order valence-electron chi connectivity index (χ1n) is 11.2. The van der Waals surface area contributed by atoms with Crippen molar-refractivity contribution >= 4 is 29.1 Å². The van der Waals surface area contributed by atoms with Crippen LogP contribution in [0.25, 0.3) is 0 Å².